The van der Waals surface area contributed by atoms with Crippen LogP contribution in [0.15, 0.2) is 41.0 Å². The number of carbonyl (C=O) groups excluding carboxylic acids is 1. The van der Waals surface area contributed by atoms with Crippen LogP contribution in [0.5, 0.6) is 0 Å². The summed E-state index contributed by atoms with van der Waals surface area (Å²) in [5.41, 5.74) is 6.88. The Morgan fingerprint density at radius 3 is 2.69 bits per heavy atom. The molecule has 3 N–H and O–H groups in total. The minimum atomic E-state index is -0.639. The molecule has 0 unspecified atom stereocenters. The molecule has 26 heavy (non-hydrogen) atoms. The summed E-state index contributed by atoms with van der Waals surface area (Å²) < 4.78 is 33.7. The molecule has 0 saturated heterocycles. The van der Waals surface area contributed by atoms with E-state index in [2.05, 4.69) is 26.2 Å². The number of esters is 1. The fourth-order valence-corrected chi connectivity index (χ4v) is 3.00. The third-order valence-electron chi connectivity index (χ3n) is 3.70. The van der Waals surface area contributed by atoms with Crippen molar-refractivity contribution in [2.24, 2.45) is 0 Å². The summed E-state index contributed by atoms with van der Waals surface area (Å²) in [7, 11) is 0. The lowest BCUT2D eigenvalue weighted by atomic mass is 10.1. The summed E-state index contributed by atoms with van der Waals surface area (Å²) in [6.07, 6.45) is 1.35. The highest BCUT2D eigenvalue weighted by Gasteiger charge is 2.17. The highest BCUT2D eigenvalue weighted by molar-refractivity contribution is 9.10. The van der Waals surface area contributed by atoms with Crippen LogP contribution >= 0.6 is 15.9 Å². The topological polar surface area (TPSA) is 77.2 Å². The van der Waals surface area contributed by atoms with Crippen LogP contribution in [0.1, 0.15) is 17.3 Å². The number of anilines is 3. The number of nitrogens with zero attached hydrogens (tertiary/aromatic N) is 1. The molecule has 1 aromatic heterocycles. The number of aromatic nitrogens is 1. The Morgan fingerprint density at radius 2 is 1.96 bits per heavy atom. The van der Waals surface area contributed by atoms with Crippen LogP contribution in [-0.2, 0) is 4.74 Å². The van der Waals surface area contributed by atoms with Crippen molar-refractivity contribution in [3.8, 4) is 0 Å². The van der Waals surface area contributed by atoms with Gasteiger partial charge in [-0.25, -0.2) is 13.6 Å². The Morgan fingerprint density at radius 1 is 1.23 bits per heavy atom. The average Bonchev–Trinajstić information content (AvgIpc) is 2.61. The number of hydrogen-bond acceptors (Lipinski definition) is 5. The molecular formula is C18H14BrF2N3O2. The molecule has 0 spiro atoms. The summed E-state index contributed by atoms with van der Waals surface area (Å²) in [4.78, 5) is 15.9. The van der Waals surface area contributed by atoms with Crippen LogP contribution in [0.3, 0.4) is 0 Å². The zero-order chi connectivity index (χ0) is 18.8. The maximum Gasteiger partial charge on any atom is 0.340 e. The van der Waals surface area contributed by atoms with Crippen LogP contribution in [-0.4, -0.2) is 17.6 Å². The van der Waals surface area contributed by atoms with Gasteiger partial charge in [0, 0.05) is 10.7 Å². The van der Waals surface area contributed by atoms with Gasteiger partial charge >= 0.3 is 5.97 Å². The SMILES string of the molecule is CCOC(=O)c1cc(Br)cc(Nc2ccnc3c(F)ccc(F)c23)c1N. The quantitative estimate of drug-likeness (QED) is 0.468. The number of ether oxygens (including phenoxy) is 1. The van der Waals surface area contributed by atoms with Crippen LogP contribution in [0.2, 0.25) is 0 Å². The van der Waals surface area contributed by atoms with Crippen LogP contribution in [0.25, 0.3) is 10.9 Å². The summed E-state index contributed by atoms with van der Waals surface area (Å²) in [5, 5.41) is 2.94. The molecule has 8 heteroatoms. The van der Waals surface area contributed by atoms with Gasteiger partial charge in [0.25, 0.3) is 0 Å². The number of benzene rings is 2. The van der Waals surface area contributed by atoms with E-state index >= 15 is 0 Å². The predicted molar refractivity (Wildman–Crippen MR) is 99.5 cm³/mol. The van der Waals surface area contributed by atoms with Crippen LogP contribution in [0, 0.1) is 11.6 Å². The lowest BCUT2D eigenvalue weighted by Gasteiger charge is -2.15. The smallest absolute Gasteiger partial charge is 0.340 e. The molecule has 0 aliphatic carbocycles. The van der Waals surface area contributed by atoms with Gasteiger partial charge < -0.3 is 15.8 Å². The maximum atomic E-state index is 14.3. The van der Waals surface area contributed by atoms with Gasteiger partial charge in [0.15, 0.2) is 0 Å². The fourth-order valence-electron chi connectivity index (χ4n) is 2.54. The van der Waals surface area contributed by atoms with Crippen molar-refractivity contribution in [1.29, 1.82) is 0 Å². The van der Waals surface area contributed by atoms with E-state index < -0.39 is 17.6 Å². The number of halogens is 3. The van der Waals surface area contributed by atoms with Crippen molar-refractivity contribution in [2.45, 2.75) is 6.92 Å². The molecule has 2 aromatic carbocycles. The Kier molecular flexibility index (Phi) is 5.03. The minimum absolute atomic E-state index is 0.00967. The molecule has 5 nitrogen and oxygen atoms in total. The first-order valence-electron chi connectivity index (χ1n) is 7.68. The second-order valence-corrected chi connectivity index (χ2v) is 6.29. The Labute approximate surface area is 156 Å². The summed E-state index contributed by atoms with van der Waals surface area (Å²) in [6, 6.07) is 6.69. The van der Waals surface area contributed by atoms with E-state index in [0.29, 0.717) is 10.2 Å². The molecule has 0 atom stereocenters. The third kappa shape index (κ3) is 3.32. The highest BCUT2D eigenvalue weighted by Crippen LogP contribution is 2.34. The first-order valence-corrected chi connectivity index (χ1v) is 8.47. The van der Waals surface area contributed by atoms with Crippen molar-refractivity contribution in [3.05, 3.63) is 58.2 Å². The van der Waals surface area contributed by atoms with Gasteiger partial charge in [0.1, 0.15) is 17.2 Å². The van der Waals surface area contributed by atoms with Crippen molar-refractivity contribution < 1.29 is 18.3 Å². The number of nitrogen functional groups attached to an aromatic ring is 1. The van der Waals surface area contributed by atoms with Gasteiger partial charge in [-0.05, 0) is 37.3 Å². The third-order valence-corrected chi connectivity index (χ3v) is 4.16. The maximum absolute atomic E-state index is 14.3. The number of nitrogens with two attached hydrogens (primary N) is 1. The molecule has 0 radical (unpaired) electrons. The molecule has 3 rings (SSSR count). The fraction of sp³-hybridized carbons (Fsp3) is 0.111. The average molecular weight is 422 g/mol. The van der Waals surface area contributed by atoms with E-state index in [9.17, 15) is 13.6 Å². The normalized spacial score (nSPS) is 10.8. The van der Waals surface area contributed by atoms with E-state index in [1.54, 1.807) is 13.0 Å². The summed E-state index contributed by atoms with van der Waals surface area (Å²) in [6.45, 7) is 1.89. The Bertz CT molecular complexity index is 1010. The second-order valence-electron chi connectivity index (χ2n) is 5.37. The van der Waals surface area contributed by atoms with Gasteiger partial charge in [0.2, 0.25) is 0 Å². The molecule has 0 amide bonds. The molecule has 134 valence electrons. The van der Waals surface area contributed by atoms with E-state index in [-0.39, 0.29) is 34.4 Å². The lowest BCUT2D eigenvalue weighted by molar-refractivity contribution is 0.0527. The predicted octanol–water partition coefficient (Wildman–Crippen LogP) is 4.78. The van der Waals surface area contributed by atoms with Gasteiger partial charge in [0.05, 0.1) is 34.6 Å². The van der Waals surface area contributed by atoms with Gasteiger partial charge in [-0.2, -0.15) is 0 Å². The Hall–Kier alpha value is -2.74. The summed E-state index contributed by atoms with van der Waals surface area (Å²) >= 11 is 3.31. The van der Waals surface area contributed by atoms with Crippen molar-refractivity contribution >= 4 is 49.9 Å². The zero-order valence-electron chi connectivity index (χ0n) is 13.6. The van der Waals surface area contributed by atoms with Crippen LogP contribution in [0.4, 0.5) is 25.8 Å². The van der Waals surface area contributed by atoms with Crippen molar-refractivity contribution in [3.63, 3.8) is 0 Å². The van der Waals surface area contributed by atoms with E-state index in [1.807, 2.05) is 0 Å². The highest BCUT2D eigenvalue weighted by atomic mass is 79.9. The van der Waals surface area contributed by atoms with Gasteiger partial charge in [-0.15, -0.1) is 0 Å². The van der Waals surface area contributed by atoms with E-state index in [0.717, 1.165) is 12.1 Å². The number of nitrogens with one attached hydrogen (secondary N) is 1. The number of pyridine rings is 1. The lowest BCUT2D eigenvalue weighted by Crippen LogP contribution is -2.10. The standard InChI is InChI=1S/C18H14BrF2N3O2/c1-2-26-18(25)10-7-9(19)8-14(16(10)22)24-13-5-6-23-17-12(21)4-3-11(20)15(13)17/h3-8H,2,22H2,1H3,(H,23,24). The molecule has 0 saturated carbocycles. The second kappa shape index (κ2) is 7.25. The molecule has 0 aliphatic heterocycles. The van der Waals surface area contributed by atoms with Crippen molar-refractivity contribution in [1.82, 2.24) is 4.98 Å². The molecular weight excluding hydrogens is 408 g/mol. The zero-order valence-corrected chi connectivity index (χ0v) is 15.2. The van der Waals surface area contributed by atoms with Gasteiger partial charge in [-0.3, -0.25) is 4.98 Å². The molecule has 3 aromatic rings. The van der Waals surface area contributed by atoms with E-state index in [1.165, 1.54) is 18.3 Å². The van der Waals surface area contributed by atoms with E-state index in [4.69, 9.17) is 10.5 Å². The number of rotatable bonds is 4. The first-order chi connectivity index (χ1) is 12.4. The monoisotopic (exact) mass is 421 g/mol. The number of hydrogen-bond donors (Lipinski definition) is 2. The molecule has 0 fully saturated rings. The number of fused-ring (bicyclic) bond motifs is 1. The van der Waals surface area contributed by atoms with Crippen molar-refractivity contribution in [2.75, 3.05) is 17.7 Å². The molecule has 1 heterocycles. The van der Waals surface area contributed by atoms with Crippen LogP contribution < -0.4 is 11.1 Å². The first kappa shape index (κ1) is 18.1. The Balaban J connectivity index is 2.12. The minimum Gasteiger partial charge on any atom is -0.462 e. The molecule has 0 aliphatic rings. The summed E-state index contributed by atoms with van der Waals surface area (Å²) in [5.74, 6) is -1.85. The largest absolute Gasteiger partial charge is 0.462 e. The molecule has 0 bridgehead atoms. The number of carbonyl (C=O) groups is 1. The van der Waals surface area contributed by atoms with Gasteiger partial charge in [-0.1, -0.05) is 15.9 Å².